The predicted molar refractivity (Wildman–Crippen MR) is 61.3 cm³/mol. The SMILES string of the molecule is CCOC(=O)C(N)Cc1cc(F)ccc1OC. The first-order valence-corrected chi connectivity index (χ1v) is 5.33. The molecule has 2 N–H and O–H groups in total. The Labute approximate surface area is 99.5 Å². The Hall–Kier alpha value is -1.62. The number of esters is 1. The molecule has 17 heavy (non-hydrogen) atoms. The van der Waals surface area contributed by atoms with Gasteiger partial charge in [-0.3, -0.25) is 4.79 Å². The molecular weight excluding hydrogens is 225 g/mol. The van der Waals surface area contributed by atoms with Gasteiger partial charge in [0.15, 0.2) is 0 Å². The fourth-order valence-corrected chi connectivity index (χ4v) is 1.48. The molecule has 0 amide bonds. The molecule has 0 aliphatic carbocycles. The monoisotopic (exact) mass is 241 g/mol. The molecule has 0 heterocycles. The summed E-state index contributed by atoms with van der Waals surface area (Å²) in [5.74, 6) is -0.387. The van der Waals surface area contributed by atoms with Crippen molar-refractivity contribution in [2.45, 2.75) is 19.4 Å². The van der Waals surface area contributed by atoms with E-state index < -0.39 is 17.8 Å². The largest absolute Gasteiger partial charge is 0.496 e. The smallest absolute Gasteiger partial charge is 0.323 e. The third kappa shape index (κ3) is 3.71. The van der Waals surface area contributed by atoms with Crippen LogP contribution in [0.1, 0.15) is 12.5 Å². The standard InChI is InChI=1S/C12H16FNO3/c1-3-17-12(15)10(14)7-8-6-9(13)4-5-11(8)16-2/h4-6,10H,3,7,14H2,1-2H3. The maximum Gasteiger partial charge on any atom is 0.323 e. The Morgan fingerprint density at radius 2 is 2.24 bits per heavy atom. The van der Waals surface area contributed by atoms with E-state index in [0.717, 1.165) is 0 Å². The van der Waals surface area contributed by atoms with Crippen LogP contribution in [-0.2, 0) is 16.0 Å². The van der Waals surface area contributed by atoms with E-state index in [9.17, 15) is 9.18 Å². The van der Waals surface area contributed by atoms with Gasteiger partial charge < -0.3 is 15.2 Å². The van der Waals surface area contributed by atoms with Gasteiger partial charge in [-0.15, -0.1) is 0 Å². The molecule has 0 aliphatic rings. The average Bonchev–Trinajstić information content (AvgIpc) is 2.29. The lowest BCUT2D eigenvalue weighted by Gasteiger charge is -2.13. The molecule has 1 aromatic rings. The lowest BCUT2D eigenvalue weighted by Crippen LogP contribution is -2.34. The van der Waals surface area contributed by atoms with Gasteiger partial charge in [0.1, 0.15) is 17.6 Å². The molecule has 94 valence electrons. The molecule has 1 aromatic carbocycles. The summed E-state index contributed by atoms with van der Waals surface area (Å²) in [4.78, 5) is 11.4. The second-order valence-electron chi connectivity index (χ2n) is 3.52. The van der Waals surface area contributed by atoms with E-state index in [2.05, 4.69) is 0 Å². The molecule has 1 rings (SSSR count). The molecule has 0 saturated carbocycles. The van der Waals surface area contributed by atoms with Gasteiger partial charge in [0.2, 0.25) is 0 Å². The van der Waals surface area contributed by atoms with Crippen LogP contribution in [-0.4, -0.2) is 25.7 Å². The Morgan fingerprint density at radius 1 is 1.53 bits per heavy atom. The maximum atomic E-state index is 13.1. The molecule has 0 radical (unpaired) electrons. The number of hydrogen-bond donors (Lipinski definition) is 1. The minimum Gasteiger partial charge on any atom is -0.496 e. The molecular formula is C12H16FNO3. The highest BCUT2D eigenvalue weighted by Crippen LogP contribution is 2.20. The Kier molecular flexibility index (Phi) is 4.90. The summed E-state index contributed by atoms with van der Waals surface area (Å²) in [6, 6.07) is 3.28. The summed E-state index contributed by atoms with van der Waals surface area (Å²) in [7, 11) is 1.48. The summed E-state index contributed by atoms with van der Waals surface area (Å²) >= 11 is 0. The zero-order chi connectivity index (χ0) is 12.8. The van der Waals surface area contributed by atoms with Crippen LogP contribution in [0.2, 0.25) is 0 Å². The molecule has 0 bridgehead atoms. The van der Waals surface area contributed by atoms with Crippen molar-refractivity contribution in [2.24, 2.45) is 5.73 Å². The second kappa shape index (κ2) is 6.20. The summed E-state index contributed by atoms with van der Waals surface area (Å²) in [5.41, 5.74) is 6.21. The molecule has 0 aromatic heterocycles. The van der Waals surface area contributed by atoms with Crippen LogP contribution in [0.5, 0.6) is 5.75 Å². The zero-order valence-electron chi connectivity index (χ0n) is 9.90. The van der Waals surface area contributed by atoms with Crippen molar-refractivity contribution in [1.29, 1.82) is 0 Å². The third-order valence-corrected chi connectivity index (χ3v) is 2.27. The fourth-order valence-electron chi connectivity index (χ4n) is 1.48. The van der Waals surface area contributed by atoms with Crippen molar-refractivity contribution in [3.05, 3.63) is 29.6 Å². The number of carbonyl (C=O) groups excluding carboxylic acids is 1. The number of hydrogen-bond acceptors (Lipinski definition) is 4. The number of nitrogens with two attached hydrogens (primary N) is 1. The lowest BCUT2D eigenvalue weighted by atomic mass is 10.1. The highest BCUT2D eigenvalue weighted by Gasteiger charge is 2.17. The maximum absolute atomic E-state index is 13.1. The number of halogens is 1. The van der Waals surface area contributed by atoms with Crippen molar-refractivity contribution in [3.63, 3.8) is 0 Å². The summed E-state index contributed by atoms with van der Waals surface area (Å²) in [6.45, 7) is 1.97. The predicted octanol–water partition coefficient (Wildman–Crippen LogP) is 1.27. The fraction of sp³-hybridized carbons (Fsp3) is 0.417. The van der Waals surface area contributed by atoms with Crippen LogP contribution >= 0.6 is 0 Å². The summed E-state index contributed by atoms with van der Waals surface area (Å²) in [6.07, 6.45) is 0.180. The average molecular weight is 241 g/mol. The first-order valence-electron chi connectivity index (χ1n) is 5.33. The van der Waals surface area contributed by atoms with E-state index in [1.54, 1.807) is 6.92 Å². The molecule has 4 nitrogen and oxygen atoms in total. The number of methoxy groups -OCH3 is 1. The van der Waals surface area contributed by atoms with Gasteiger partial charge in [0.05, 0.1) is 13.7 Å². The van der Waals surface area contributed by atoms with Crippen molar-refractivity contribution in [1.82, 2.24) is 0 Å². The van der Waals surface area contributed by atoms with E-state index in [-0.39, 0.29) is 13.0 Å². The van der Waals surface area contributed by atoms with Gasteiger partial charge in [-0.05, 0) is 30.7 Å². The normalized spacial score (nSPS) is 12.0. The Bertz CT molecular complexity index is 395. The minimum atomic E-state index is -0.814. The summed E-state index contributed by atoms with van der Waals surface area (Å²) in [5, 5.41) is 0. The highest BCUT2D eigenvalue weighted by molar-refractivity contribution is 5.76. The third-order valence-electron chi connectivity index (χ3n) is 2.27. The van der Waals surface area contributed by atoms with Crippen LogP contribution in [0, 0.1) is 5.82 Å². The van der Waals surface area contributed by atoms with Gasteiger partial charge >= 0.3 is 5.97 Å². The molecule has 0 saturated heterocycles. The van der Waals surface area contributed by atoms with E-state index in [0.29, 0.717) is 11.3 Å². The van der Waals surface area contributed by atoms with Crippen molar-refractivity contribution >= 4 is 5.97 Å². The number of ether oxygens (including phenoxy) is 2. The van der Waals surface area contributed by atoms with Crippen molar-refractivity contribution in [2.75, 3.05) is 13.7 Å². The van der Waals surface area contributed by atoms with Crippen LogP contribution in [0.4, 0.5) is 4.39 Å². The number of carbonyl (C=O) groups is 1. The zero-order valence-corrected chi connectivity index (χ0v) is 9.90. The molecule has 5 heteroatoms. The molecule has 0 spiro atoms. The first-order chi connectivity index (χ1) is 8.08. The van der Waals surface area contributed by atoms with Gasteiger partial charge in [0, 0.05) is 6.42 Å². The highest BCUT2D eigenvalue weighted by atomic mass is 19.1. The van der Waals surface area contributed by atoms with Crippen molar-refractivity contribution in [3.8, 4) is 5.75 Å². The second-order valence-corrected chi connectivity index (χ2v) is 3.52. The molecule has 1 atom stereocenters. The van der Waals surface area contributed by atoms with Gasteiger partial charge in [0.25, 0.3) is 0 Å². The molecule has 0 fully saturated rings. The van der Waals surface area contributed by atoms with E-state index in [1.807, 2.05) is 0 Å². The van der Waals surface area contributed by atoms with Crippen LogP contribution < -0.4 is 10.5 Å². The Balaban J connectivity index is 2.79. The molecule has 1 unspecified atom stereocenters. The van der Waals surface area contributed by atoms with E-state index in [4.69, 9.17) is 15.2 Å². The van der Waals surface area contributed by atoms with Crippen LogP contribution in [0.15, 0.2) is 18.2 Å². The van der Waals surface area contributed by atoms with Gasteiger partial charge in [-0.2, -0.15) is 0 Å². The van der Waals surface area contributed by atoms with Crippen LogP contribution in [0.25, 0.3) is 0 Å². The number of benzene rings is 1. The lowest BCUT2D eigenvalue weighted by molar-refractivity contribution is -0.144. The van der Waals surface area contributed by atoms with Crippen molar-refractivity contribution < 1.29 is 18.7 Å². The van der Waals surface area contributed by atoms with E-state index in [1.165, 1.54) is 25.3 Å². The number of rotatable bonds is 5. The quantitative estimate of drug-likeness (QED) is 0.788. The Morgan fingerprint density at radius 3 is 2.82 bits per heavy atom. The van der Waals surface area contributed by atoms with Gasteiger partial charge in [-0.1, -0.05) is 0 Å². The van der Waals surface area contributed by atoms with Gasteiger partial charge in [-0.25, -0.2) is 4.39 Å². The van der Waals surface area contributed by atoms with Crippen LogP contribution in [0.3, 0.4) is 0 Å². The minimum absolute atomic E-state index is 0.180. The first kappa shape index (κ1) is 13.4. The summed E-state index contributed by atoms with van der Waals surface area (Å²) < 4.78 is 22.9. The molecule has 0 aliphatic heterocycles. The van der Waals surface area contributed by atoms with E-state index >= 15 is 0 Å². The topological polar surface area (TPSA) is 61.5 Å².